The lowest BCUT2D eigenvalue weighted by molar-refractivity contribution is -0.119. The molecule has 1 amide bonds. The number of carbonyl (C=O) groups is 1. The largest absolute Gasteiger partial charge is 0.349 e. The molecule has 3 rings (SSSR count). The molecule has 0 bridgehead atoms. The standard InChI is InChI=1S/C16H15NO/c1-11(18)17-16-10-12-6-2-3-7-13(12)14-8-4-5-9-15(14)16/h2-9,16H,10H2,1H3,(H,17,18)/t16-/m0/s1. The van der Waals surface area contributed by atoms with Gasteiger partial charge in [0.2, 0.25) is 5.91 Å². The fourth-order valence-electron chi connectivity index (χ4n) is 2.71. The molecule has 0 spiro atoms. The summed E-state index contributed by atoms with van der Waals surface area (Å²) in [7, 11) is 0. The minimum absolute atomic E-state index is 0.0224. The Labute approximate surface area is 107 Å². The minimum Gasteiger partial charge on any atom is -0.349 e. The summed E-state index contributed by atoms with van der Waals surface area (Å²) in [5, 5.41) is 3.04. The third kappa shape index (κ3) is 1.80. The number of nitrogens with one attached hydrogen (secondary N) is 1. The van der Waals surface area contributed by atoms with Crippen molar-refractivity contribution in [3.63, 3.8) is 0 Å². The van der Waals surface area contributed by atoms with E-state index in [1.54, 1.807) is 6.92 Å². The summed E-state index contributed by atoms with van der Waals surface area (Å²) in [6.07, 6.45) is 0.868. The Bertz CT molecular complexity index is 604. The predicted molar refractivity (Wildman–Crippen MR) is 72.1 cm³/mol. The fourth-order valence-corrected chi connectivity index (χ4v) is 2.71. The Morgan fingerprint density at radius 2 is 1.72 bits per heavy atom. The van der Waals surface area contributed by atoms with Crippen LogP contribution >= 0.6 is 0 Å². The Hall–Kier alpha value is -2.09. The van der Waals surface area contributed by atoms with E-state index in [1.807, 2.05) is 12.1 Å². The second-order valence-corrected chi connectivity index (χ2v) is 4.70. The van der Waals surface area contributed by atoms with E-state index in [1.165, 1.54) is 22.3 Å². The van der Waals surface area contributed by atoms with Gasteiger partial charge >= 0.3 is 0 Å². The Balaban J connectivity index is 2.13. The number of rotatable bonds is 1. The van der Waals surface area contributed by atoms with Gasteiger partial charge in [-0.25, -0.2) is 0 Å². The van der Waals surface area contributed by atoms with Crippen LogP contribution in [0.15, 0.2) is 48.5 Å². The zero-order valence-electron chi connectivity index (χ0n) is 10.3. The van der Waals surface area contributed by atoms with Gasteiger partial charge in [0.15, 0.2) is 0 Å². The van der Waals surface area contributed by atoms with Gasteiger partial charge < -0.3 is 5.32 Å². The van der Waals surface area contributed by atoms with Crippen molar-refractivity contribution in [1.29, 1.82) is 0 Å². The van der Waals surface area contributed by atoms with Crippen molar-refractivity contribution in [1.82, 2.24) is 5.32 Å². The molecular formula is C16H15NO. The summed E-state index contributed by atoms with van der Waals surface area (Å²) in [4.78, 5) is 11.3. The number of amides is 1. The maximum Gasteiger partial charge on any atom is 0.217 e. The fraction of sp³-hybridized carbons (Fsp3) is 0.188. The molecule has 1 aliphatic rings. The van der Waals surface area contributed by atoms with Crippen LogP contribution in [-0.2, 0) is 11.2 Å². The smallest absolute Gasteiger partial charge is 0.217 e. The van der Waals surface area contributed by atoms with Gasteiger partial charge in [-0.1, -0.05) is 48.5 Å². The molecule has 0 fully saturated rings. The third-order valence-corrected chi connectivity index (χ3v) is 3.45. The molecule has 0 radical (unpaired) electrons. The van der Waals surface area contributed by atoms with Crippen LogP contribution in [0.1, 0.15) is 24.1 Å². The molecule has 0 unspecified atom stereocenters. The van der Waals surface area contributed by atoms with E-state index in [0.717, 1.165) is 6.42 Å². The zero-order valence-corrected chi connectivity index (χ0v) is 10.3. The normalized spacial score (nSPS) is 16.6. The first kappa shape index (κ1) is 11.0. The number of hydrogen-bond acceptors (Lipinski definition) is 1. The molecule has 1 atom stereocenters. The van der Waals surface area contributed by atoms with E-state index in [2.05, 4.69) is 41.7 Å². The minimum atomic E-state index is 0.0224. The van der Waals surface area contributed by atoms with Crippen LogP contribution in [0.3, 0.4) is 0 Å². The van der Waals surface area contributed by atoms with Crippen molar-refractivity contribution in [3.8, 4) is 11.1 Å². The van der Waals surface area contributed by atoms with E-state index in [0.29, 0.717) is 0 Å². The maximum atomic E-state index is 11.3. The molecule has 90 valence electrons. The molecular weight excluding hydrogens is 222 g/mol. The molecule has 0 saturated heterocycles. The molecule has 0 saturated carbocycles. The first-order valence-electron chi connectivity index (χ1n) is 6.20. The van der Waals surface area contributed by atoms with Crippen molar-refractivity contribution < 1.29 is 4.79 Å². The van der Waals surface area contributed by atoms with Crippen LogP contribution in [0.25, 0.3) is 11.1 Å². The van der Waals surface area contributed by atoms with E-state index in [4.69, 9.17) is 0 Å². The van der Waals surface area contributed by atoms with Gasteiger partial charge in [-0.15, -0.1) is 0 Å². The Morgan fingerprint density at radius 3 is 2.50 bits per heavy atom. The molecule has 0 aromatic heterocycles. The second kappa shape index (κ2) is 4.30. The maximum absolute atomic E-state index is 11.3. The number of hydrogen-bond donors (Lipinski definition) is 1. The topological polar surface area (TPSA) is 29.1 Å². The van der Waals surface area contributed by atoms with Crippen molar-refractivity contribution >= 4 is 5.91 Å². The van der Waals surface area contributed by atoms with Gasteiger partial charge in [-0.05, 0) is 28.7 Å². The van der Waals surface area contributed by atoms with Crippen LogP contribution in [0, 0.1) is 0 Å². The monoisotopic (exact) mass is 237 g/mol. The van der Waals surface area contributed by atoms with E-state index in [9.17, 15) is 4.79 Å². The quantitative estimate of drug-likeness (QED) is 0.811. The molecule has 0 heterocycles. The SMILES string of the molecule is CC(=O)N[C@H]1Cc2ccccc2-c2ccccc21. The molecule has 2 aromatic rings. The lowest BCUT2D eigenvalue weighted by Gasteiger charge is -2.28. The summed E-state index contributed by atoms with van der Waals surface area (Å²) in [6.45, 7) is 1.57. The van der Waals surface area contributed by atoms with Crippen LogP contribution in [0.5, 0.6) is 0 Å². The molecule has 1 N–H and O–H groups in total. The predicted octanol–water partition coefficient (Wildman–Crippen LogP) is 3.09. The Morgan fingerprint density at radius 1 is 1.06 bits per heavy atom. The lowest BCUT2D eigenvalue weighted by atomic mass is 9.82. The summed E-state index contributed by atoms with van der Waals surface area (Å²) >= 11 is 0. The second-order valence-electron chi connectivity index (χ2n) is 4.70. The average molecular weight is 237 g/mol. The number of benzene rings is 2. The van der Waals surface area contributed by atoms with Gasteiger partial charge in [-0.2, -0.15) is 0 Å². The molecule has 0 aliphatic heterocycles. The summed E-state index contributed by atoms with van der Waals surface area (Å²) in [5.41, 5.74) is 5.04. The van der Waals surface area contributed by atoms with E-state index >= 15 is 0 Å². The highest BCUT2D eigenvalue weighted by molar-refractivity contribution is 5.77. The highest BCUT2D eigenvalue weighted by atomic mass is 16.1. The van der Waals surface area contributed by atoms with Gasteiger partial charge in [-0.3, -0.25) is 4.79 Å². The van der Waals surface area contributed by atoms with Gasteiger partial charge in [0, 0.05) is 6.92 Å². The van der Waals surface area contributed by atoms with Crippen molar-refractivity contribution in [2.45, 2.75) is 19.4 Å². The van der Waals surface area contributed by atoms with Crippen LogP contribution in [0.4, 0.5) is 0 Å². The van der Waals surface area contributed by atoms with E-state index < -0.39 is 0 Å². The summed E-state index contributed by atoms with van der Waals surface area (Å²) < 4.78 is 0. The van der Waals surface area contributed by atoms with Crippen LogP contribution in [0.2, 0.25) is 0 Å². The third-order valence-electron chi connectivity index (χ3n) is 3.45. The van der Waals surface area contributed by atoms with Crippen molar-refractivity contribution in [2.75, 3.05) is 0 Å². The van der Waals surface area contributed by atoms with Crippen molar-refractivity contribution in [2.24, 2.45) is 0 Å². The van der Waals surface area contributed by atoms with Crippen molar-refractivity contribution in [3.05, 3.63) is 59.7 Å². The summed E-state index contributed by atoms with van der Waals surface area (Å²) in [6, 6.07) is 16.8. The lowest BCUT2D eigenvalue weighted by Crippen LogP contribution is -2.29. The highest BCUT2D eigenvalue weighted by Gasteiger charge is 2.24. The molecule has 2 aromatic carbocycles. The Kier molecular flexibility index (Phi) is 2.63. The van der Waals surface area contributed by atoms with E-state index in [-0.39, 0.29) is 11.9 Å². The molecule has 18 heavy (non-hydrogen) atoms. The molecule has 2 heteroatoms. The van der Waals surface area contributed by atoms with Crippen LogP contribution in [-0.4, -0.2) is 5.91 Å². The first-order valence-corrected chi connectivity index (χ1v) is 6.20. The highest BCUT2D eigenvalue weighted by Crippen LogP contribution is 2.38. The number of carbonyl (C=O) groups excluding carboxylic acids is 1. The van der Waals surface area contributed by atoms with Gasteiger partial charge in [0.05, 0.1) is 6.04 Å². The van der Waals surface area contributed by atoms with Crippen LogP contribution < -0.4 is 5.32 Å². The molecule has 2 nitrogen and oxygen atoms in total. The zero-order chi connectivity index (χ0) is 12.5. The summed E-state index contributed by atoms with van der Waals surface area (Å²) in [5.74, 6) is 0.0224. The first-order chi connectivity index (χ1) is 8.75. The average Bonchev–Trinajstić information content (AvgIpc) is 2.38. The number of fused-ring (bicyclic) bond motifs is 3. The van der Waals surface area contributed by atoms with Gasteiger partial charge in [0.1, 0.15) is 0 Å². The van der Waals surface area contributed by atoms with Gasteiger partial charge in [0.25, 0.3) is 0 Å². The molecule has 1 aliphatic carbocycles.